The van der Waals surface area contributed by atoms with Crippen LogP contribution in [-0.4, -0.2) is 42.8 Å². The minimum Gasteiger partial charge on any atom is -0.380 e. The van der Waals surface area contributed by atoms with E-state index in [1.165, 1.54) is 25.7 Å². The molecule has 0 amide bonds. The van der Waals surface area contributed by atoms with E-state index in [4.69, 9.17) is 10.5 Å². The number of hydrogen-bond acceptors (Lipinski definition) is 3. The normalized spacial score (nSPS) is 22.7. The van der Waals surface area contributed by atoms with Crippen molar-refractivity contribution in [3.8, 4) is 0 Å². The van der Waals surface area contributed by atoms with Gasteiger partial charge in [0.15, 0.2) is 0 Å². The monoisotopic (exact) mass is 256 g/mol. The van der Waals surface area contributed by atoms with Crippen molar-refractivity contribution in [2.75, 3.05) is 20.2 Å². The number of ether oxygens (including phenoxy) is 1. The lowest BCUT2D eigenvalue weighted by Gasteiger charge is -2.48. The third kappa shape index (κ3) is 3.46. The Morgan fingerprint density at radius 3 is 2.22 bits per heavy atom. The molecule has 1 saturated carbocycles. The lowest BCUT2D eigenvalue weighted by Crippen LogP contribution is -2.62. The minimum atomic E-state index is -0.0476. The van der Waals surface area contributed by atoms with E-state index in [1.54, 1.807) is 7.11 Å². The third-order valence-electron chi connectivity index (χ3n) is 4.63. The maximum Gasteiger partial charge on any atom is 0.0736 e. The second-order valence-electron chi connectivity index (χ2n) is 6.42. The van der Waals surface area contributed by atoms with E-state index in [9.17, 15) is 0 Å². The van der Waals surface area contributed by atoms with Crippen molar-refractivity contribution < 1.29 is 4.74 Å². The van der Waals surface area contributed by atoms with E-state index in [-0.39, 0.29) is 11.6 Å². The third-order valence-corrected chi connectivity index (χ3v) is 4.63. The SMILES string of the molecule is COC(C)C(C)(CN)N(CC(C)C)C1CCCC1. The van der Waals surface area contributed by atoms with Gasteiger partial charge < -0.3 is 10.5 Å². The van der Waals surface area contributed by atoms with Crippen molar-refractivity contribution in [1.29, 1.82) is 0 Å². The van der Waals surface area contributed by atoms with Crippen molar-refractivity contribution >= 4 is 0 Å². The fourth-order valence-electron chi connectivity index (χ4n) is 3.15. The van der Waals surface area contributed by atoms with Gasteiger partial charge in [-0.15, -0.1) is 0 Å². The van der Waals surface area contributed by atoms with Gasteiger partial charge in [0.05, 0.1) is 11.6 Å². The van der Waals surface area contributed by atoms with Crippen molar-refractivity contribution in [1.82, 2.24) is 4.90 Å². The number of methoxy groups -OCH3 is 1. The predicted molar refractivity (Wildman–Crippen MR) is 77.7 cm³/mol. The molecule has 2 N–H and O–H groups in total. The number of rotatable bonds is 7. The summed E-state index contributed by atoms with van der Waals surface area (Å²) in [7, 11) is 1.79. The molecule has 1 fully saturated rings. The summed E-state index contributed by atoms with van der Waals surface area (Å²) in [5.41, 5.74) is 6.06. The summed E-state index contributed by atoms with van der Waals surface area (Å²) >= 11 is 0. The molecular weight excluding hydrogens is 224 g/mol. The zero-order valence-corrected chi connectivity index (χ0v) is 12.9. The molecule has 1 aliphatic carbocycles. The van der Waals surface area contributed by atoms with Gasteiger partial charge in [-0.05, 0) is 32.6 Å². The van der Waals surface area contributed by atoms with Crippen LogP contribution in [0.4, 0.5) is 0 Å². The average molecular weight is 256 g/mol. The van der Waals surface area contributed by atoms with Gasteiger partial charge in [-0.25, -0.2) is 0 Å². The molecule has 1 aliphatic rings. The average Bonchev–Trinajstić information content (AvgIpc) is 2.87. The second kappa shape index (κ2) is 6.88. The fraction of sp³-hybridized carbons (Fsp3) is 1.00. The maximum absolute atomic E-state index is 6.11. The molecule has 2 atom stereocenters. The molecule has 3 nitrogen and oxygen atoms in total. The molecule has 0 aromatic carbocycles. The lowest BCUT2D eigenvalue weighted by molar-refractivity contribution is -0.0549. The molecule has 2 unspecified atom stereocenters. The molecule has 0 radical (unpaired) electrons. The lowest BCUT2D eigenvalue weighted by atomic mass is 9.90. The van der Waals surface area contributed by atoms with Crippen LogP contribution >= 0.6 is 0 Å². The smallest absolute Gasteiger partial charge is 0.0736 e. The van der Waals surface area contributed by atoms with E-state index >= 15 is 0 Å². The highest BCUT2D eigenvalue weighted by molar-refractivity contribution is 4.97. The molecule has 0 heterocycles. The van der Waals surface area contributed by atoms with Crippen molar-refractivity contribution in [3.63, 3.8) is 0 Å². The first-order valence-corrected chi connectivity index (χ1v) is 7.45. The zero-order valence-electron chi connectivity index (χ0n) is 12.9. The second-order valence-corrected chi connectivity index (χ2v) is 6.42. The standard InChI is InChI=1S/C15H32N2O/c1-12(2)10-17(14-8-6-7-9-14)15(4,11-16)13(3)18-5/h12-14H,6-11,16H2,1-5H3. The summed E-state index contributed by atoms with van der Waals surface area (Å²) in [6, 6.07) is 0.693. The quantitative estimate of drug-likeness (QED) is 0.761. The highest BCUT2D eigenvalue weighted by Gasteiger charge is 2.41. The number of nitrogens with zero attached hydrogens (tertiary/aromatic N) is 1. The first-order chi connectivity index (χ1) is 8.45. The summed E-state index contributed by atoms with van der Waals surface area (Å²) in [5.74, 6) is 0.667. The van der Waals surface area contributed by atoms with Gasteiger partial charge in [-0.2, -0.15) is 0 Å². The molecule has 0 aromatic heterocycles. The summed E-state index contributed by atoms with van der Waals surface area (Å²) in [4.78, 5) is 2.64. The largest absolute Gasteiger partial charge is 0.380 e. The van der Waals surface area contributed by atoms with Gasteiger partial charge in [0.2, 0.25) is 0 Å². The Labute approximate surface area is 113 Å². The molecule has 1 rings (SSSR count). The summed E-state index contributed by atoms with van der Waals surface area (Å²) in [5, 5.41) is 0. The van der Waals surface area contributed by atoms with Crippen molar-refractivity contribution in [2.24, 2.45) is 11.7 Å². The fourth-order valence-corrected chi connectivity index (χ4v) is 3.15. The van der Waals surface area contributed by atoms with Crippen LogP contribution in [0.1, 0.15) is 53.4 Å². The van der Waals surface area contributed by atoms with E-state index in [0.717, 1.165) is 6.54 Å². The maximum atomic E-state index is 6.11. The van der Waals surface area contributed by atoms with E-state index < -0.39 is 0 Å². The highest BCUT2D eigenvalue weighted by atomic mass is 16.5. The molecular formula is C15H32N2O. The first-order valence-electron chi connectivity index (χ1n) is 7.45. The zero-order chi connectivity index (χ0) is 13.8. The molecule has 3 heteroatoms. The highest BCUT2D eigenvalue weighted by Crippen LogP contribution is 2.32. The Morgan fingerprint density at radius 1 is 1.28 bits per heavy atom. The predicted octanol–water partition coefficient (Wildman–Crippen LogP) is 2.64. The Hall–Kier alpha value is -0.120. The first kappa shape index (κ1) is 15.9. The van der Waals surface area contributed by atoms with Crippen LogP contribution in [0.3, 0.4) is 0 Å². The van der Waals surface area contributed by atoms with Crippen LogP contribution in [0, 0.1) is 5.92 Å². The van der Waals surface area contributed by atoms with Gasteiger partial charge in [-0.3, -0.25) is 4.90 Å². The molecule has 0 bridgehead atoms. The van der Waals surface area contributed by atoms with Crippen LogP contribution in [0.2, 0.25) is 0 Å². The Kier molecular flexibility index (Phi) is 6.09. The number of hydrogen-bond donors (Lipinski definition) is 1. The van der Waals surface area contributed by atoms with Crippen LogP contribution in [-0.2, 0) is 4.74 Å². The summed E-state index contributed by atoms with van der Waals surface area (Å²) < 4.78 is 5.61. The molecule has 0 spiro atoms. The molecule has 0 aliphatic heterocycles. The Morgan fingerprint density at radius 2 is 1.83 bits per heavy atom. The molecule has 0 aromatic rings. The molecule has 0 saturated heterocycles. The molecule has 108 valence electrons. The van der Waals surface area contributed by atoms with Gasteiger partial charge >= 0.3 is 0 Å². The van der Waals surface area contributed by atoms with E-state index in [1.807, 2.05) is 0 Å². The number of nitrogens with two attached hydrogens (primary N) is 1. The summed E-state index contributed by atoms with van der Waals surface area (Å²) in [6.07, 6.45) is 5.53. The van der Waals surface area contributed by atoms with Crippen molar-refractivity contribution in [3.05, 3.63) is 0 Å². The van der Waals surface area contributed by atoms with Gasteiger partial charge in [0, 0.05) is 26.2 Å². The van der Waals surface area contributed by atoms with E-state index in [0.29, 0.717) is 18.5 Å². The topological polar surface area (TPSA) is 38.5 Å². The Bertz CT molecular complexity index is 239. The van der Waals surface area contributed by atoms with Crippen LogP contribution in [0.25, 0.3) is 0 Å². The molecule has 18 heavy (non-hydrogen) atoms. The van der Waals surface area contributed by atoms with Gasteiger partial charge in [0.25, 0.3) is 0 Å². The van der Waals surface area contributed by atoms with Crippen molar-refractivity contribution in [2.45, 2.75) is 71.1 Å². The van der Waals surface area contributed by atoms with Crippen LogP contribution in [0.5, 0.6) is 0 Å². The Balaban J connectivity index is 2.90. The minimum absolute atomic E-state index is 0.0476. The van der Waals surface area contributed by atoms with Gasteiger partial charge in [0.1, 0.15) is 0 Å². The summed E-state index contributed by atoms with van der Waals surface area (Å²) in [6.45, 7) is 10.8. The van der Waals surface area contributed by atoms with E-state index in [2.05, 4.69) is 32.6 Å². The van der Waals surface area contributed by atoms with Crippen LogP contribution in [0.15, 0.2) is 0 Å². The van der Waals surface area contributed by atoms with Gasteiger partial charge in [-0.1, -0.05) is 26.7 Å². The van der Waals surface area contributed by atoms with Crippen LogP contribution < -0.4 is 5.73 Å².